The van der Waals surface area contributed by atoms with E-state index in [0.29, 0.717) is 41.4 Å². The molecule has 2 heterocycles. The zero-order valence-electron chi connectivity index (χ0n) is 17.4. The van der Waals surface area contributed by atoms with Crippen LogP contribution in [0, 0.1) is 0 Å². The van der Waals surface area contributed by atoms with Crippen molar-refractivity contribution in [3.8, 4) is 5.75 Å². The maximum Gasteiger partial charge on any atom is 0.295 e. The third-order valence-electron chi connectivity index (χ3n) is 5.44. The number of methoxy groups -OCH3 is 1. The quantitative estimate of drug-likeness (QED) is 0.332. The van der Waals surface area contributed by atoms with Crippen molar-refractivity contribution in [3.63, 3.8) is 0 Å². The number of imidazole rings is 1. The van der Waals surface area contributed by atoms with Crippen molar-refractivity contribution >= 4 is 29.1 Å². The van der Waals surface area contributed by atoms with Gasteiger partial charge in [-0.1, -0.05) is 23.7 Å². The summed E-state index contributed by atoms with van der Waals surface area (Å²) in [5, 5.41) is 11.5. The Morgan fingerprint density at radius 3 is 2.62 bits per heavy atom. The number of halogens is 1. The second kappa shape index (κ2) is 9.28. The molecule has 1 atom stereocenters. The summed E-state index contributed by atoms with van der Waals surface area (Å²) >= 11 is 5.96. The smallest absolute Gasteiger partial charge is 0.295 e. The average molecular weight is 452 g/mol. The van der Waals surface area contributed by atoms with Crippen LogP contribution in [0.2, 0.25) is 5.02 Å². The molecule has 3 aromatic rings. The number of hydrogen-bond donors (Lipinski definition) is 1. The Kier molecular flexibility index (Phi) is 6.28. The maximum absolute atomic E-state index is 13.0. The SMILES string of the molecule is COc1cccc(C2C(=C(O)c3ccc(Cl)cc3)C(=O)C(=O)N2CCCn2ccnc2)c1. The molecule has 7 nitrogen and oxygen atoms in total. The number of carbonyl (C=O) groups excluding carboxylic acids is 2. The van der Waals surface area contributed by atoms with E-state index in [-0.39, 0.29) is 11.3 Å². The summed E-state index contributed by atoms with van der Waals surface area (Å²) in [7, 11) is 1.55. The van der Waals surface area contributed by atoms with E-state index in [1.54, 1.807) is 62.1 Å². The molecule has 1 N–H and O–H groups in total. The van der Waals surface area contributed by atoms with Crippen molar-refractivity contribution in [2.75, 3.05) is 13.7 Å². The van der Waals surface area contributed by atoms with Gasteiger partial charge in [-0.3, -0.25) is 9.59 Å². The van der Waals surface area contributed by atoms with Gasteiger partial charge in [0.2, 0.25) is 0 Å². The van der Waals surface area contributed by atoms with Crippen molar-refractivity contribution < 1.29 is 19.4 Å². The van der Waals surface area contributed by atoms with Gasteiger partial charge in [-0.05, 0) is 48.4 Å². The van der Waals surface area contributed by atoms with Crippen molar-refractivity contribution in [3.05, 3.63) is 89.0 Å². The molecule has 1 amide bonds. The van der Waals surface area contributed by atoms with Crippen LogP contribution in [0.1, 0.15) is 23.6 Å². The summed E-state index contributed by atoms with van der Waals surface area (Å²) < 4.78 is 7.24. The molecule has 1 saturated heterocycles. The van der Waals surface area contributed by atoms with Crippen LogP contribution in [-0.2, 0) is 16.1 Å². The first kappa shape index (κ1) is 21.6. The number of Topliss-reactive ketones (excluding diaryl/α,β-unsaturated/α-hetero) is 1. The van der Waals surface area contributed by atoms with Crippen molar-refractivity contribution in [1.29, 1.82) is 0 Å². The van der Waals surface area contributed by atoms with Crippen LogP contribution >= 0.6 is 11.6 Å². The van der Waals surface area contributed by atoms with Gasteiger partial charge in [0, 0.05) is 36.1 Å². The van der Waals surface area contributed by atoms with E-state index in [0.717, 1.165) is 0 Å². The van der Waals surface area contributed by atoms with E-state index in [2.05, 4.69) is 4.98 Å². The number of nitrogens with zero attached hydrogens (tertiary/aromatic N) is 3. The Balaban J connectivity index is 1.74. The fourth-order valence-corrected chi connectivity index (χ4v) is 4.00. The van der Waals surface area contributed by atoms with Crippen molar-refractivity contribution in [1.82, 2.24) is 14.5 Å². The van der Waals surface area contributed by atoms with Gasteiger partial charge < -0.3 is 19.3 Å². The molecule has 0 spiro atoms. The Hall–Kier alpha value is -3.58. The molecule has 1 aliphatic rings. The first-order valence-corrected chi connectivity index (χ1v) is 10.5. The third kappa shape index (κ3) is 4.24. The van der Waals surface area contributed by atoms with Crippen molar-refractivity contribution in [2.45, 2.75) is 19.0 Å². The molecular weight excluding hydrogens is 430 g/mol. The summed E-state index contributed by atoms with van der Waals surface area (Å²) in [6, 6.07) is 12.9. The number of benzene rings is 2. The predicted octanol–water partition coefficient (Wildman–Crippen LogP) is 4.06. The highest BCUT2D eigenvalue weighted by atomic mass is 35.5. The Morgan fingerprint density at radius 1 is 1.16 bits per heavy atom. The van der Waals surface area contributed by atoms with E-state index in [1.165, 1.54) is 4.90 Å². The van der Waals surface area contributed by atoms with Gasteiger partial charge in [0.15, 0.2) is 0 Å². The van der Waals surface area contributed by atoms with Crippen LogP contribution in [0.3, 0.4) is 0 Å². The van der Waals surface area contributed by atoms with E-state index in [4.69, 9.17) is 16.3 Å². The van der Waals surface area contributed by atoms with Crippen LogP contribution in [0.25, 0.3) is 5.76 Å². The summed E-state index contributed by atoms with van der Waals surface area (Å²) in [5.41, 5.74) is 1.15. The van der Waals surface area contributed by atoms with Crippen molar-refractivity contribution in [2.24, 2.45) is 0 Å². The maximum atomic E-state index is 13.0. The van der Waals surface area contributed by atoms with Crippen LogP contribution < -0.4 is 4.74 Å². The lowest BCUT2D eigenvalue weighted by Crippen LogP contribution is -2.31. The molecular formula is C24H22ClN3O4. The molecule has 2 aromatic carbocycles. The number of aryl methyl sites for hydroxylation is 1. The number of ketones is 1. The number of aliphatic hydroxyl groups is 1. The zero-order valence-corrected chi connectivity index (χ0v) is 18.2. The molecule has 1 aliphatic heterocycles. The number of rotatable bonds is 7. The molecule has 0 radical (unpaired) electrons. The summed E-state index contributed by atoms with van der Waals surface area (Å²) in [5.74, 6) is -0.991. The largest absolute Gasteiger partial charge is 0.507 e. The number of amides is 1. The minimum absolute atomic E-state index is 0.0493. The Morgan fingerprint density at radius 2 is 1.94 bits per heavy atom. The van der Waals surface area contributed by atoms with Crippen LogP contribution in [0.5, 0.6) is 5.75 Å². The highest BCUT2D eigenvalue weighted by molar-refractivity contribution is 6.46. The van der Waals surface area contributed by atoms with Gasteiger partial charge in [0.25, 0.3) is 11.7 Å². The minimum Gasteiger partial charge on any atom is -0.507 e. The lowest BCUT2D eigenvalue weighted by Gasteiger charge is -2.25. The number of hydrogen-bond acceptors (Lipinski definition) is 5. The summed E-state index contributed by atoms with van der Waals surface area (Å²) in [6.45, 7) is 0.979. The van der Waals surface area contributed by atoms with Gasteiger partial charge in [0.05, 0.1) is 25.1 Å². The lowest BCUT2D eigenvalue weighted by atomic mass is 9.95. The lowest BCUT2D eigenvalue weighted by molar-refractivity contribution is -0.139. The molecule has 4 rings (SSSR count). The summed E-state index contributed by atoms with van der Waals surface area (Å²) in [6.07, 6.45) is 5.85. The minimum atomic E-state index is -0.733. The Labute approximate surface area is 190 Å². The molecule has 8 heteroatoms. The number of aromatic nitrogens is 2. The first-order chi connectivity index (χ1) is 15.5. The van der Waals surface area contributed by atoms with Gasteiger partial charge >= 0.3 is 0 Å². The normalized spacial score (nSPS) is 17.7. The zero-order chi connectivity index (χ0) is 22.7. The first-order valence-electron chi connectivity index (χ1n) is 10.1. The molecule has 1 aromatic heterocycles. The number of ether oxygens (including phenoxy) is 1. The number of likely N-dealkylation sites (tertiary alicyclic amines) is 1. The molecule has 0 saturated carbocycles. The highest BCUT2D eigenvalue weighted by Crippen LogP contribution is 2.40. The predicted molar refractivity (Wildman–Crippen MR) is 120 cm³/mol. The van der Waals surface area contributed by atoms with E-state index < -0.39 is 17.7 Å². The van der Waals surface area contributed by atoms with Gasteiger partial charge in [-0.2, -0.15) is 0 Å². The highest BCUT2D eigenvalue weighted by Gasteiger charge is 2.45. The molecule has 1 fully saturated rings. The molecule has 1 unspecified atom stereocenters. The standard InChI is InChI=1S/C24H22ClN3O4/c1-32-19-5-2-4-17(14-19)21-20(22(29)16-6-8-18(25)9-7-16)23(30)24(31)28(21)12-3-11-27-13-10-26-15-27/h2,4-10,13-15,21,29H,3,11-12H2,1H3. The van der Waals surface area contributed by atoms with E-state index >= 15 is 0 Å². The third-order valence-corrected chi connectivity index (χ3v) is 5.69. The van der Waals surface area contributed by atoms with Crippen LogP contribution in [-0.4, -0.2) is 44.9 Å². The molecule has 32 heavy (non-hydrogen) atoms. The van der Waals surface area contributed by atoms with Gasteiger partial charge in [0.1, 0.15) is 11.5 Å². The van der Waals surface area contributed by atoms with Gasteiger partial charge in [-0.25, -0.2) is 4.98 Å². The fourth-order valence-electron chi connectivity index (χ4n) is 3.87. The van der Waals surface area contributed by atoms with Gasteiger partial charge in [-0.15, -0.1) is 0 Å². The van der Waals surface area contributed by atoms with Crippen LogP contribution in [0.15, 0.2) is 72.8 Å². The molecule has 0 bridgehead atoms. The average Bonchev–Trinajstić information content (AvgIpc) is 3.41. The Bertz CT molecular complexity index is 1160. The molecule has 0 aliphatic carbocycles. The molecule has 164 valence electrons. The second-order valence-electron chi connectivity index (χ2n) is 7.43. The van der Waals surface area contributed by atoms with Crippen LogP contribution in [0.4, 0.5) is 0 Å². The van der Waals surface area contributed by atoms with E-state index in [9.17, 15) is 14.7 Å². The monoisotopic (exact) mass is 451 g/mol. The summed E-state index contributed by atoms with van der Waals surface area (Å²) in [4.78, 5) is 31.6. The van der Waals surface area contributed by atoms with E-state index in [1.807, 2.05) is 16.8 Å². The topological polar surface area (TPSA) is 84.7 Å². The number of aliphatic hydroxyl groups excluding tert-OH is 1. The number of carbonyl (C=O) groups is 2. The fraction of sp³-hybridized carbons (Fsp3) is 0.208. The second-order valence-corrected chi connectivity index (χ2v) is 7.87.